The minimum Gasteiger partial charge on any atom is -0.485 e. The molecule has 0 saturated heterocycles. The second-order valence-electron chi connectivity index (χ2n) is 8.00. The molecule has 0 unspecified atom stereocenters. The maximum absolute atomic E-state index is 12.9. The average Bonchev–Trinajstić information content (AvgIpc) is 2.84. The molecule has 1 N–H and O–H groups in total. The van der Waals surface area contributed by atoms with Crippen LogP contribution in [0.4, 0.5) is 0 Å². The van der Waals surface area contributed by atoms with E-state index in [1.807, 2.05) is 54.6 Å². The number of amides is 2. The summed E-state index contributed by atoms with van der Waals surface area (Å²) in [6.07, 6.45) is 0.255. The van der Waals surface area contributed by atoms with Gasteiger partial charge in [-0.05, 0) is 64.9 Å². The van der Waals surface area contributed by atoms with Gasteiger partial charge in [0.25, 0.3) is 5.91 Å². The molecule has 2 amide bonds. The first kappa shape index (κ1) is 25.4. The van der Waals surface area contributed by atoms with Crippen LogP contribution in [0.25, 0.3) is 0 Å². The molecule has 0 aliphatic rings. The summed E-state index contributed by atoms with van der Waals surface area (Å²) in [6.45, 7) is 1.95. The number of ether oxygens (including phenoxy) is 1. The highest BCUT2D eigenvalue weighted by atomic mass is 127. The number of benzene rings is 3. The molecule has 0 radical (unpaired) electrons. The molecule has 34 heavy (non-hydrogen) atoms. The van der Waals surface area contributed by atoms with E-state index in [1.54, 1.807) is 43.1 Å². The summed E-state index contributed by atoms with van der Waals surface area (Å²) in [5, 5.41) is 2.74. The monoisotopic (exact) mass is 570 g/mol. The second-order valence-corrected chi connectivity index (χ2v) is 9.25. The van der Waals surface area contributed by atoms with E-state index in [0.29, 0.717) is 12.3 Å². The largest absolute Gasteiger partial charge is 0.485 e. The summed E-state index contributed by atoms with van der Waals surface area (Å²) >= 11 is 2.21. The lowest BCUT2D eigenvalue weighted by Crippen LogP contribution is -2.45. The van der Waals surface area contributed by atoms with Gasteiger partial charge in [0.05, 0.1) is 5.56 Å². The molecule has 0 bridgehead atoms. The summed E-state index contributed by atoms with van der Waals surface area (Å²) in [4.78, 5) is 39.6. The van der Waals surface area contributed by atoms with Crippen LogP contribution in [0.3, 0.4) is 0 Å². The zero-order valence-corrected chi connectivity index (χ0v) is 21.3. The fraction of sp³-hybridized carbons (Fsp3) is 0.222. The Bertz CT molecular complexity index is 1130. The first-order chi connectivity index (χ1) is 16.3. The van der Waals surface area contributed by atoms with Crippen LogP contribution in [-0.2, 0) is 22.6 Å². The summed E-state index contributed by atoms with van der Waals surface area (Å²) in [7, 11) is 1.70. The Kier molecular flexibility index (Phi) is 9.21. The molecule has 0 saturated carbocycles. The number of carbonyl (C=O) groups excluding carboxylic acids is 3. The van der Waals surface area contributed by atoms with Crippen LogP contribution in [-0.4, -0.2) is 42.2 Å². The lowest BCUT2D eigenvalue weighted by Gasteiger charge is -2.22. The third kappa shape index (κ3) is 7.41. The Morgan fingerprint density at radius 1 is 0.912 bits per heavy atom. The normalized spacial score (nSPS) is 11.4. The van der Waals surface area contributed by atoms with Crippen molar-refractivity contribution in [3.63, 3.8) is 0 Å². The molecule has 7 heteroatoms. The van der Waals surface area contributed by atoms with Crippen molar-refractivity contribution in [2.24, 2.45) is 0 Å². The molecule has 0 aliphatic carbocycles. The van der Waals surface area contributed by atoms with Gasteiger partial charge < -0.3 is 15.0 Å². The van der Waals surface area contributed by atoms with Crippen molar-refractivity contribution < 1.29 is 19.1 Å². The summed E-state index contributed by atoms with van der Waals surface area (Å²) < 4.78 is 6.78. The predicted molar refractivity (Wildman–Crippen MR) is 140 cm³/mol. The fourth-order valence-electron chi connectivity index (χ4n) is 3.42. The molecular formula is C27H27IN2O4. The quantitative estimate of drug-likeness (QED) is 0.370. The summed E-state index contributed by atoms with van der Waals surface area (Å²) in [5.74, 6) is -0.436. The highest BCUT2D eigenvalue weighted by Gasteiger charge is 2.22. The van der Waals surface area contributed by atoms with E-state index in [9.17, 15) is 14.4 Å². The molecule has 3 aromatic carbocycles. The summed E-state index contributed by atoms with van der Waals surface area (Å²) in [5.41, 5.74) is 2.19. The van der Waals surface area contributed by atoms with Gasteiger partial charge in [-0.3, -0.25) is 14.4 Å². The maximum Gasteiger partial charge on any atom is 0.255 e. The van der Waals surface area contributed by atoms with Crippen LogP contribution >= 0.6 is 22.6 Å². The van der Waals surface area contributed by atoms with Crippen LogP contribution in [0.2, 0.25) is 0 Å². The van der Waals surface area contributed by atoms with E-state index in [0.717, 1.165) is 14.7 Å². The van der Waals surface area contributed by atoms with Crippen LogP contribution in [0.15, 0.2) is 78.9 Å². The molecule has 3 rings (SSSR count). The first-order valence-corrected chi connectivity index (χ1v) is 12.0. The van der Waals surface area contributed by atoms with Gasteiger partial charge in [0, 0.05) is 23.6 Å². The Morgan fingerprint density at radius 2 is 1.56 bits per heavy atom. The minimum absolute atomic E-state index is 0.0949. The Hall–Kier alpha value is -3.20. The molecule has 0 aromatic heterocycles. The third-order valence-electron chi connectivity index (χ3n) is 5.19. The number of Topliss-reactive ketones (excluding diaryl/α,β-unsaturated/α-hetero) is 1. The van der Waals surface area contributed by atoms with E-state index in [1.165, 1.54) is 0 Å². The topological polar surface area (TPSA) is 75.7 Å². The lowest BCUT2D eigenvalue weighted by molar-refractivity contribution is -0.132. The number of hydrogen-bond acceptors (Lipinski definition) is 4. The van der Waals surface area contributed by atoms with Gasteiger partial charge in [-0.15, -0.1) is 0 Å². The number of nitrogens with one attached hydrogen (secondary N) is 1. The highest BCUT2D eigenvalue weighted by molar-refractivity contribution is 14.1. The van der Waals surface area contributed by atoms with E-state index >= 15 is 0 Å². The van der Waals surface area contributed by atoms with E-state index in [2.05, 4.69) is 27.9 Å². The number of para-hydroxylation sites is 1. The molecular weight excluding hydrogens is 543 g/mol. The van der Waals surface area contributed by atoms with Gasteiger partial charge >= 0.3 is 0 Å². The van der Waals surface area contributed by atoms with Crippen LogP contribution in [0, 0.1) is 3.57 Å². The average molecular weight is 570 g/mol. The van der Waals surface area contributed by atoms with Gasteiger partial charge in [0.2, 0.25) is 5.91 Å². The van der Waals surface area contributed by atoms with Crippen molar-refractivity contribution in [2.45, 2.75) is 25.9 Å². The smallest absolute Gasteiger partial charge is 0.255 e. The maximum atomic E-state index is 12.9. The SMILES string of the molecule is C[C@@H](NC(=O)c1ccccc1OCC(=O)Cc1ccc(I)cc1)C(=O)N(C)Cc1ccccc1. The van der Waals surface area contributed by atoms with E-state index in [4.69, 9.17) is 4.74 Å². The molecule has 6 nitrogen and oxygen atoms in total. The summed E-state index contributed by atoms with van der Waals surface area (Å²) in [6, 6.07) is 23.3. The molecule has 1 atom stereocenters. The van der Waals surface area contributed by atoms with E-state index in [-0.39, 0.29) is 30.3 Å². The van der Waals surface area contributed by atoms with Crippen molar-refractivity contribution in [2.75, 3.05) is 13.7 Å². The number of halogens is 1. The Labute approximate surface area is 213 Å². The molecule has 0 aliphatic heterocycles. The number of rotatable bonds is 10. The minimum atomic E-state index is -0.725. The molecule has 176 valence electrons. The van der Waals surface area contributed by atoms with Crippen LogP contribution in [0.5, 0.6) is 5.75 Å². The van der Waals surface area contributed by atoms with Crippen molar-refractivity contribution >= 4 is 40.2 Å². The number of carbonyl (C=O) groups is 3. The number of nitrogens with zero attached hydrogens (tertiary/aromatic N) is 1. The van der Waals surface area contributed by atoms with Crippen molar-refractivity contribution in [3.05, 3.63) is 99.1 Å². The Morgan fingerprint density at radius 3 is 2.26 bits per heavy atom. The van der Waals surface area contributed by atoms with Gasteiger partial charge in [-0.1, -0.05) is 54.6 Å². The zero-order chi connectivity index (χ0) is 24.5. The van der Waals surface area contributed by atoms with Crippen LogP contribution in [0.1, 0.15) is 28.4 Å². The second kappa shape index (κ2) is 12.3. The van der Waals surface area contributed by atoms with Crippen LogP contribution < -0.4 is 10.1 Å². The zero-order valence-electron chi connectivity index (χ0n) is 19.2. The predicted octanol–water partition coefficient (Wildman–Crippen LogP) is 4.26. The third-order valence-corrected chi connectivity index (χ3v) is 5.91. The van der Waals surface area contributed by atoms with Crippen molar-refractivity contribution in [1.29, 1.82) is 0 Å². The fourth-order valence-corrected chi connectivity index (χ4v) is 3.78. The van der Waals surface area contributed by atoms with Gasteiger partial charge in [-0.2, -0.15) is 0 Å². The standard InChI is InChI=1S/C27H27IN2O4/c1-19(27(33)30(2)17-21-8-4-3-5-9-21)29-26(32)24-10-6-7-11-25(24)34-18-23(31)16-20-12-14-22(28)15-13-20/h3-15,19H,16-18H2,1-2H3,(H,29,32)/t19-/m1/s1. The Balaban J connectivity index is 1.57. The van der Waals surface area contributed by atoms with Gasteiger partial charge in [0.15, 0.2) is 5.78 Å². The first-order valence-electron chi connectivity index (χ1n) is 10.9. The highest BCUT2D eigenvalue weighted by Crippen LogP contribution is 2.18. The molecule has 0 heterocycles. The number of hydrogen-bond donors (Lipinski definition) is 1. The van der Waals surface area contributed by atoms with Gasteiger partial charge in [-0.25, -0.2) is 0 Å². The molecule has 0 spiro atoms. The molecule has 3 aromatic rings. The van der Waals surface area contributed by atoms with Crippen molar-refractivity contribution in [3.8, 4) is 5.75 Å². The van der Waals surface area contributed by atoms with Gasteiger partial charge in [0.1, 0.15) is 18.4 Å². The number of ketones is 1. The van der Waals surface area contributed by atoms with E-state index < -0.39 is 11.9 Å². The molecule has 0 fully saturated rings. The number of likely N-dealkylation sites (N-methyl/N-ethyl adjacent to an activating group) is 1. The lowest BCUT2D eigenvalue weighted by atomic mass is 10.1. The van der Waals surface area contributed by atoms with Crippen molar-refractivity contribution in [1.82, 2.24) is 10.2 Å².